The van der Waals surface area contributed by atoms with E-state index in [1.165, 1.54) is 12.4 Å². The molecule has 0 atom stereocenters. The van der Waals surface area contributed by atoms with Gasteiger partial charge in [0.25, 0.3) is 0 Å². The first-order valence-corrected chi connectivity index (χ1v) is 15.0. The SMILES string of the molecule is CC(C)(C)OC(=O)N1CCc2nc(N3CCN(CCOCCN4CCN(c5ncc(C(=O)O)cn5)CC4)CC3)ncc2C1. The molecule has 0 aliphatic carbocycles. The first-order chi connectivity index (χ1) is 20.6. The highest BCUT2D eigenvalue weighted by atomic mass is 16.6. The highest BCUT2D eigenvalue weighted by Crippen LogP contribution is 2.22. The maximum atomic E-state index is 12.5. The number of piperazine rings is 2. The number of carboxylic acids is 1. The number of fused-ring (bicyclic) bond motifs is 1. The van der Waals surface area contributed by atoms with E-state index in [0.29, 0.717) is 38.7 Å². The minimum atomic E-state index is -1.02. The summed E-state index contributed by atoms with van der Waals surface area (Å²) in [6, 6.07) is 0. The van der Waals surface area contributed by atoms with Crippen molar-refractivity contribution < 1.29 is 24.2 Å². The van der Waals surface area contributed by atoms with Gasteiger partial charge in [-0.3, -0.25) is 9.80 Å². The molecule has 3 aliphatic heterocycles. The monoisotopic (exact) mass is 597 g/mol. The van der Waals surface area contributed by atoms with Crippen molar-refractivity contribution in [2.45, 2.75) is 39.3 Å². The number of aromatic nitrogens is 4. The maximum absolute atomic E-state index is 12.5. The molecule has 0 aromatic carbocycles. The zero-order valence-corrected chi connectivity index (χ0v) is 25.4. The molecular weight excluding hydrogens is 554 g/mol. The van der Waals surface area contributed by atoms with Crippen molar-refractivity contribution in [3.05, 3.63) is 35.4 Å². The lowest BCUT2D eigenvalue weighted by Gasteiger charge is -2.36. The molecule has 1 amide bonds. The Morgan fingerprint density at radius 2 is 1.37 bits per heavy atom. The number of carboxylic acid groups (broad SMARTS) is 1. The summed E-state index contributed by atoms with van der Waals surface area (Å²) in [5.74, 6) is 0.324. The molecule has 43 heavy (non-hydrogen) atoms. The lowest BCUT2D eigenvalue weighted by atomic mass is 10.1. The molecule has 0 radical (unpaired) electrons. The van der Waals surface area contributed by atoms with Crippen LogP contribution in [0.15, 0.2) is 18.6 Å². The van der Waals surface area contributed by atoms with Gasteiger partial charge in [-0.15, -0.1) is 0 Å². The van der Waals surface area contributed by atoms with E-state index in [1.54, 1.807) is 4.90 Å². The molecule has 14 nitrogen and oxygen atoms in total. The summed E-state index contributed by atoms with van der Waals surface area (Å²) in [6.07, 6.45) is 4.99. The smallest absolute Gasteiger partial charge is 0.410 e. The Bertz CT molecular complexity index is 1240. The number of ether oxygens (including phenoxy) is 2. The van der Waals surface area contributed by atoms with Gasteiger partial charge in [0, 0.05) is 103 Å². The van der Waals surface area contributed by atoms with E-state index in [1.807, 2.05) is 27.0 Å². The van der Waals surface area contributed by atoms with E-state index in [-0.39, 0.29) is 11.7 Å². The summed E-state index contributed by atoms with van der Waals surface area (Å²) in [5.41, 5.74) is 1.59. The molecule has 2 saturated heterocycles. The van der Waals surface area contributed by atoms with Crippen molar-refractivity contribution in [1.82, 2.24) is 34.6 Å². The molecule has 234 valence electrons. The first-order valence-electron chi connectivity index (χ1n) is 15.0. The second-order valence-electron chi connectivity index (χ2n) is 12.1. The maximum Gasteiger partial charge on any atom is 0.410 e. The highest BCUT2D eigenvalue weighted by Gasteiger charge is 2.28. The third-order valence-corrected chi connectivity index (χ3v) is 7.87. The highest BCUT2D eigenvalue weighted by molar-refractivity contribution is 5.86. The molecule has 0 unspecified atom stereocenters. The predicted octanol–water partition coefficient (Wildman–Crippen LogP) is 1.22. The van der Waals surface area contributed by atoms with Crippen molar-refractivity contribution in [1.29, 1.82) is 0 Å². The summed E-state index contributed by atoms with van der Waals surface area (Å²) in [6.45, 7) is 16.9. The van der Waals surface area contributed by atoms with E-state index in [2.05, 4.69) is 34.6 Å². The van der Waals surface area contributed by atoms with Crippen molar-refractivity contribution in [2.24, 2.45) is 0 Å². The number of rotatable bonds is 9. The number of anilines is 2. The van der Waals surface area contributed by atoms with E-state index in [0.717, 1.165) is 82.7 Å². The molecular formula is C29H43N9O5. The molecule has 5 rings (SSSR count). The molecule has 2 aromatic heterocycles. The van der Waals surface area contributed by atoms with Gasteiger partial charge in [0.05, 0.1) is 31.0 Å². The zero-order chi connectivity index (χ0) is 30.4. The van der Waals surface area contributed by atoms with Crippen LogP contribution in [-0.4, -0.2) is 143 Å². The zero-order valence-electron chi connectivity index (χ0n) is 25.4. The Hall–Kier alpha value is -3.62. The van der Waals surface area contributed by atoms with Crippen molar-refractivity contribution in [2.75, 3.05) is 95.0 Å². The van der Waals surface area contributed by atoms with Crippen LogP contribution >= 0.6 is 0 Å². The molecule has 2 aromatic rings. The van der Waals surface area contributed by atoms with E-state index < -0.39 is 11.6 Å². The number of carbonyl (C=O) groups excluding carboxylic acids is 1. The Morgan fingerprint density at radius 1 is 0.814 bits per heavy atom. The van der Waals surface area contributed by atoms with Crippen LogP contribution in [0, 0.1) is 0 Å². The fraction of sp³-hybridized carbons (Fsp3) is 0.655. The van der Waals surface area contributed by atoms with Crippen LogP contribution in [0.4, 0.5) is 16.7 Å². The summed E-state index contributed by atoms with van der Waals surface area (Å²) >= 11 is 0. The normalized spacial score (nSPS) is 18.4. The van der Waals surface area contributed by atoms with Gasteiger partial charge in [0.1, 0.15) is 5.60 Å². The van der Waals surface area contributed by atoms with E-state index >= 15 is 0 Å². The summed E-state index contributed by atoms with van der Waals surface area (Å²) < 4.78 is 11.5. The topological polar surface area (TPSA) is 141 Å². The lowest BCUT2D eigenvalue weighted by Crippen LogP contribution is -2.48. The Balaban J connectivity index is 0.955. The third kappa shape index (κ3) is 8.48. The van der Waals surface area contributed by atoms with Crippen molar-refractivity contribution in [3.63, 3.8) is 0 Å². The van der Waals surface area contributed by atoms with Crippen molar-refractivity contribution in [3.8, 4) is 0 Å². The van der Waals surface area contributed by atoms with Crippen LogP contribution in [-0.2, 0) is 22.4 Å². The van der Waals surface area contributed by atoms with Gasteiger partial charge in [-0.25, -0.2) is 29.5 Å². The molecule has 0 saturated carbocycles. The van der Waals surface area contributed by atoms with Gasteiger partial charge in [-0.2, -0.15) is 0 Å². The minimum Gasteiger partial charge on any atom is -0.478 e. The lowest BCUT2D eigenvalue weighted by molar-refractivity contribution is 0.0222. The van der Waals surface area contributed by atoms with Gasteiger partial charge >= 0.3 is 12.1 Å². The average Bonchev–Trinajstić information content (AvgIpc) is 3.00. The van der Waals surface area contributed by atoms with Crippen LogP contribution < -0.4 is 9.80 Å². The predicted molar refractivity (Wildman–Crippen MR) is 159 cm³/mol. The second-order valence-corrected chi connectivity index (χ2v) is 12.1. The molecule has 3 aliphatic rings. The van der Waals surface area contributed by atoms with Crippen LogP contribution in [0.25, 0.3) is 0 Å². The molecule has 0 spiro atoms. The first kappa shape index (κ1) is 30.8. The van der Waals surface area contributed by atoms with Gasteiger partial charge in [-0.05, 0) is 20.8 Å². The largest absolute Gasteiger partial charge is 0.478 e. The number of hydrogen-bond donors (Lipinski definition) is 1. The Kier molecular flexibility index (Phi) is 9.88. The summed E-state index contributed by atoms with van der Waals surface area (Å²) in [4.78, 5) is 52.1. The standard InChI is InChI=1S/C29H43N9O5/c1-29(2,3)43-28(41)38-5-4-24-23(21-38)20-32-27(33-24)37-12-8-35(9-13-37)15-17-42-16-14-34-6-10-36(11-7-34)26-30-18-22(19-31-26)25(39)40/h18-20H,4-17,21H2,1-3H3,(H,39,40). The van der Waals surface area contributed by atoms with Crippen LogP contribution in [0.3, 0.4) is 0 Å². The van der Waals surface area contributed by atoms with Crippen LogP contribution in [0.5, 0.6) is 0 Å². The quantitative estimate of drug-likeness (QED) is 0.415. The summed E-state index contributed by atoms with van der Waals surface area (Å²) in [5, 5.41) is 9.01. The number of hydrogen-bond acceptors (Lipinski definition) is 12. The number of aromatic carboxylic acids is 1. The van der Waals surface area contributed by atoms with Gasteiger partial charge < -0.3 is 29.3 Å². The van der Waals surface area contributed by atoms with E-state index in [4.69, 9.17) is 19.6 Å². The average molecular weight is 598 g/mol. The van der Waals surface area contributed by atoms with E-state index in [9.17, 15) is 9.59 Å². The fourth-order valence-corrected chi connectivity index (χ4v) is 5.37. The van der Waals surface area contributed by atoms with Gasteiger partial charge in [-0.1, -0.05) is 0 Å². The molecule has 2 fully saturated rings. The van der Waals surface area contributed by atoms with Crippen LogP contribution in [0.2, 0.25) is 0 Å². The third-order valence-electron chi connectivity index (χ3n) is 7.87. The second kappa shape index (κ2) is 13.8. The van der Waals surface area contributed by atoms with Crippen LogP contribution in [0.1, 0.15) is 42.4 Å². The number of nitrogens with zero attached hydrogens (tertiary/aromatic N) is 9. The van der Waals surface area contributed by atoms with Crippen molar-refractivity contribution >= 4 is 24.0 Å². The van der Waals surface area contributed by atoms with Gasteiger partial charge in [0.15, 0.2) is 0 Å². The number of amides is 1. The molecule has 1 N–H and O–H groups in total. The fourth-order valence-electron chi connectivity index (χ4n) is 5.37. The molecule has 14 heteroatoms. The minimum absolute atomic E-state index is 0.0978. The Morgan fingerprint density at radius 3 is 1.93 bits per heavy atom. The molecule has 0 bridgehead atoms. The van der Waals surface area contributed by atoms with Gasteiger partial charge in [0.2, 0.25) is 11.9 Å². The Labute approximate surface area is 252 Å². The number of carbonyl (C=O) groups is 2. The molecule has 5 heterocycles. The summed E-state index contributed by atoms with van der Waals surface area (Å²) in [7, 11) is 0.